The zero-order valence-electron chi connectivity index (χ0n) is 14.6. The van der Waals surface area contributed by atoms with Gasteiger partial charge in [0.25, 0.3) is 0 Å². The Morgan fingerprint density at radius 3 is 2.38 bits per heavy atom. The lowest BCUT2D eigenvalue weighted by Crippen LogP contribution is -2.48. The summed E-state index contributed by atoms with van der Waals surface area (Å²) in [6.07, 6.45) is 2.05. The molecule has 0 aromatic carbocycles. The van der Waals surface area contributed by atoms with Crippen LogP contribution in [0.1, 0.15) is 55.8 Å². The standard InChI is InChI=1S/C16H19N3O3.C2H6/c1-11-18-19-15(22-11)16(9-21-10-16)14-4-2-3-13(17-14)12-5-7-20-8-6-12;1-2/h2-4,12H,5-10H2,1H3;1-2H3. The van der Waals surface area contributed by atoms with Crippen LogP contribution >= 0.6 is 0 Å². The number of ether oxygens (including phenoxy) is 2. The van der Waals surface area contributed by atoms with Crippen LogP contribution in [0.2, 0.25) is 0 Å². The minimum Gasteiger partial charge on any atom is -0.424 e. The van der Waals surface area contributed by atoms with Crippen LogP contribution in [0, 0.1) is 6.92 Å². The number of aromatic nitrogens is 3. The molecule has 130 valence electrons. The van der Waals surface area contributed by atoms with Crippen molar-refractivity contribution in [3.8, 4) is 0 Å². The highest BCUT2D eigenvalue weighted by molar-refractivity contribution is 5.31. The van der Waals surface area contributed by atoms with Gasteiger partial charge in [-0.3, -0.25) is 4.98 Å². The van der Waals surface area contributed by atoms with Gasteiger partial charge in [0.2, 0.25) is 11.8 Å². The molecule has 0 saturated carbocycles. The molecule has 2 aromatic heterocycles. The number of nitrogens with zero attached hydrogens (tertiary/aromatic N) is 3. The Hall–Kier alpha value is -1.79. The van der Waals surface area contributed by atoms with E-state index >= 15 is 0 Å². The Labute approximate surface area is 142 Å². The van der Waals surface area contributed by atoms with Gasteiger partial charge in [-0.15, -0.1) is 10.2 Å². The van der Waals surface area contributed by atoms with Gasteiger partial charge in [-0.1, -0.05) is 19.9 Å². The van der Waals surface area contributed by atoms with Gasteiger partial charge >= 0.3 is 0 Å². The maximum absolute atomic E-state index is 5.67. The number of aryl methyl sites for hydroxylation is 1. The van der Waals surface area contributed by atoms with Crippen molar-refractivity contribution >= 4 is 0 Å². The van der Waals surface area contributed by atoms with Crippen LogP contribution in [0.4, 0.5) is 0 Å². The second kappa shape index (κ2) is 7.40. The molecule has 0 unspecified atom stereocenters. The number of hydrogen-bond donors (Lipinski definition) is 0. The molecule has 6 nitrogen and oxygen atoms in total. The van der Waals surface area contributed by atoms with Crippen molar-refractivity contribution in [3.05, 3.63) is 41.4 Å². The van der Waals surface area contributed by atoms with E-state index in [1.165, 1.54) is 0 Å². The summed E-state index contributed by atoms with van der Waals surface area (Å²) < 4.78 is 16.6. The first-order chi connectivity index (χ1) is 11.8. The van der Waals surface area contributed by atoms with Gasteiger partial charge in [0.15, 0.2) is 0 Å². The SMILES string of the molecule is CC.Cc1nnc(C2(c3cccc(C4CCOCC4)n3)COC2)o1. The van der Waals surface area contributed by atoms with E-state index in [4.69, 9.17) is 18.9 Å². The molecule has 2 aliphatic heterocycles. The predicted molar refractivity (Wildman–Crippen MR) is 89.0 cm³/mol. The molecule has 2 saturated heterocycles. The number of hydrogen-bond acceptors (Lipinski definition) is 6. The third-order valence-corrected chi connectivity index (χ3v) is 4.53. The zero-order chi connectivity index (χ0) is 17.0. The Morgan fingerprint density at radius 2 is 1.79 bits per heavy atom. The molecule has 4 rings (SSSR count). The van der Waals surface area contributed by atoms with Crippen LogP contribution in [-0.2, 0) is 14.9 Å². The Morgan fingerprint density at radius 1 is 1.04 bits per heavy atom. The second-order valence-corrected chi connectivity index (χ2v) is 6.04. The average molecular weight is 331 g/mol. The van der Waals surface area contributed by atoms with Gasteiger partial charge in [-0.25, -0.2) is 0 Å². The lowest BCUT2D eigenvalue weighted by atomic mass is 9.81. The normalized spacial score (nSPS) is 20.0. The molecular formula is C18H25N3O3. The highest BCUT2D eigenvalue weighted by Crippen LogP contribution is 2.38. The first-order valence-corrected chi connectivity index (χ1v) is 8.71. The van der Waals surface area contributed by atoms with E-state index in [0.717, 1.165) is 37.4 Å². The Kier molecular flexibility index (Phi) is 5.26. The van der Waals surface area contributed by atoms with Crippen LogP contribution in [0.3, 0.4) is 0 Å². The van der Waals surface area contributed by atoms with Crippen molar-refractivity contribution in [2.45, 2.75) is 44.9 Å². The summed E-state index contributed by atoms with van der Waals surface area (Å²) in [4.78, 5) is 4.91. The summed E-state index contributed by atoms with van der Waals surface area (Å²) in [6.45, 7) is 8.51. The first kappa shape index (κ1) is 17.0. The van der Waals surface area contributed by atoms with Crippen molar-refractivity contribution in [1.82, 2.24) is 15.2 Å². The zero-order valence-corrected chi connectivity index (χ0v) is 14.6. The van der Waals surface area contributed by atoms with Crippen molar-refractivity contribution in [3.63, 3.8) is 0 Å². The summed E-state index contributed by atoms with van der Waals surface area (Å²) >= 11 is 0. The van der Waals surface area contributed by atoms with Gasteiger partial charge in [0.1, 0.15) is 5.41 Å². The third-order valence-electron chi connectivity index (χ3n) is 4.53. The van der Waals surface area contributed by atoms with Gasteiger partial charge in [0, 0.05) is 31.7 Å². The number of pyridine rings is 1. The first-order valence-electron chi connectivity index (χ1n) is 8.71. The molecule has 2 aliphatic rings. The lowest BCUT2D eigenvalue weighted by molar-refractivity contribution is -0.0526. The molecule has 2 aromatic rings. The fourth-order valence-corrected chi connectivity index (χ4v) is 3.12. The largest absolute Gasteiger partial charge is 0.424 e. The van der Waals surface area contributed by atoms with Gasteiger partial charge in [0.05, 0.1) is 18.9 Å². The molecule has 6 heteroatoms. The number of rotatable bonds is 3. The molecule has 2 fully saturated rings. The molecule has 0 N–H and O–H groups in total. The van der Waals surface area contributed by atoms with E-state index < -0.39 is 0 Å². The van der Waals surface area contributed by atoms with E-state index in [-0.39, 0.29) is 5.41 Å². The van der Waals surface area contributed by atoms with E-state index in [2.05, 4.69) is 22.3 Å². The monoisotopic (exact) mass is 331 g/mol. The lowest BCUT2D eigenvalue weighted by Gasteiger charge is -2.38. The van der Waals surface area contributed by atoms with E-state index in [9.17, 15) is 0 Å². The summed E-state index contributed by atoms with van der Waals surface area (Å²) in [6, 6.07) is 6.20. The molecule has 0 radical (unpaired) electrons. The molecule has 0 aliphatic carbocycles. The highest BCUT2D eigenvalue weighted by atomic mass is 16.5. The van der Waals surface area contributed by atoms with Gasteiger partial charge in [-0.2, -0.15) is 0 Å². The quantitative estimate of drug-likeness (QED) is 0.861. The van der Waals surface area contributed by atoms with E-state index in [1.54, 1.807) is 6.92 Å². The van der Waals surface area contributed by atoms with E-state index in [1.807, 2.05) is 19.9 Å². The summed E-state index contributed by atoms with van der Waals surface area (Å²) in [5.41, 5.74) is 1.71. The molecule has 0 bridgehead atoms. The van der Waals surface area contributed by atoms with Gasteiger partial charge < -0.3 is 13.9 Å². The molecule has 24 heavy (non-hydrogen) atoms. The van der Waals surface area contributed by atoms with Gasteiger partial charge in [-0.05, 0) is 25.0 Å². The topological polar surface area (TPSA) is 70.3 Å². The van der Waals surface area contributed by atoms with Crippen molar-refractivity contribution in [1.29, 1.82) is 0 Å². The molecule has 0 spiro atoms. The maximum atomic E-state index is 5.67. The fourth-order valence-electron chi connectivity index (χ4n) is 3.12. The van der Waals surface area contributed by atoms with Crippen molar-refractivity contribution in [2.24, 2.45) is 0 Å². The minimum atomic E-state index is -0.386. The molecule has 0 amide bonds. The Balaban J connectivity index is 0.000000815. The van der Waals surface area contributed by atoms with Crippen LogP contribution in [0.5, 0.6) is 0 Å². The van der Waals surface area contributed by atoms with Crippen molar-refractivity contribution in [2.75, 3.05) is 26.4 Å². The van der Waals surface area contributed by atoms with Crippen LogP contribution < -0.4 is 0 Å². The predicted octanol–water partition coefficient (Wildman–Crippen LogP) is 3.01. The summed E-state index contributed by atoms with van der Waals surface area (Å²) in [7, 11) is 0. The molecular weight excluding hydrogens is 306 g/mol. The second-order valence-electron chi connectivity index (χ2n) is 6.04. The third kappa shape index (κ3) is 3.08. The molecule has 0 atom stereocenters. The summed E-state index contributed by atoms with van der Waals surface area (Å²) in [5, 5.41) is 8.16. The average Bonchev–Trinajstić information content (AvgIpc) is 3.03. The van der Waals surface area contributed by atoms with Crippen LogP contribution in [0.25, 0.3) is 0 Å². The van der Waals surface area contributed by atoms with Crippen molar-refractivity contribution < 1.29 is 13.9 Å². The summed E-state index contributed by atoms with van der Waals surface area (Å²) in [5.74, 6) is 1.64. The molecule has 4 heterocycles. The van der Waals surface area contributed by atoms with Crippen LogP contribution in [0.15, 0.2) is 22.6 Å². The van der Waals surface area contributed by atoms with Crippen LogP contribution in [-0.4, -0.2) is 41.6 Å². The fraction of sp³-hybridized carbons (Fsp3) is 0.611. The highest BCUT2D eigenvalue weighted by Gasteiger charge is 2.48. The van der Waals surface area contributed by atoms with E-state index in [0.29, 0.717) is 30.9 Å². The minimum absolute atomic E-state index is 0.386. The maximum Gasteiger partial charge on any atom is 0.233 e. The smallest absolute Gasteiger partial charge is 0.233 e. The Bertz CT molecular complexity index is 661.